The van der Waals surface area contributed by atoms with Crippen molar-refractivity contribution < 1.29 is 23.8 Å². The molecule has 0 radical (unpaired) electrons. The number of amides is 1. The molecule has 0 saturated heterocycles. The van der Waals surface area contributed by atoms with Crippen LogP contribution in [0, 0.1) is 0 Å². The molecule has 0 aliphatic rings. The van der Waals surface area contributed by atoms with E-state index in [1.165, 1.54) is 25.4 Å². The number of pyridine rings is 1. The summed E-state index contributed by atoms with van der Waals surface area (Å²) in [6, 6.07) is 2.91. The molecule has 1 amide bonds. The maximum absolute atomic E-state index is 11.7. The second kappa shape index (κ2) is 8.11. The van der Waals surface area contributed by atoms with Crippen molar-refractivity contribution in [3.8, 4) is 5.88 Å². The average Bonchev–Trinajstić information content (AvgIpc) is 2.45. The van der Waals surface area contributed by atoms with Crippen LogP contribution in [0.1, 0.15) is 17.3 Å². The molecule has 110 valence electrons. The Balaban J connectivity index is 2.40. The molecule has 0 aromatic carbocycles. The van der Waals surface area contributed by atoms with Crippen molar-refractivity contribution in [2.45, 2.75) is 13.0 Å². The van der Waals surface area contributed by atoms with E-state index >= 15 is 0 Å². The lowest BCUT2D eigenvalue weighted by Gasteiger charge is -2.12. The van der Waals surface area contributed by atoms with E-state index in [0.717, 1.165) is 0 Å². The Bertz CT molecular complexity index is 447. The van der Waals surface area contributed by atoms with Crippen LogP contribution in [-0.4, -0.2) is 50.3 Å². The number of carbonyl (C=O) groups is 2. The maximum Gasteiger partial charge on any atom is 0.340 e. The highest BCUT2D eigenvalue weighted by Gasteiger charge is 2.12. The minimum absolute atomic E-state index is 0.145. The molecule has 20 heavy (non-hydrogen) atoms. The first kappa shape index (κ1) is 15.9. The van der Waals surface area contributed by atoms with E-state index in [2.05, 4.69) is 10.3 Å². The maximum atomic E-state index is 11.7. The van der Waals surface area contributed by atoms with E-state index in [0.29, 0.717) is 12.5 Å². The van der Waals surface area contributed by atoms with Crippen molar-refractivity contribution >= 4 is 11.9 Å². The Hall–Kier alpha value is -2.15. The minimum atomic E-state index is -0.616. The zero-order valence-electron chi connectivity index (χ0n) is 11.7. The summed E-state index contributed by atoms with van der Waals surface area (Å²) < 4.78 is 14.6. The topological polar surface area (TPSA) is 86.8 Å². The van der Waals surface area contributed by atoms with Crippen LogP contribution < -0.4 is 10.1 Å². The Labute approximate surface area is 117 Å². The van der Waals surface area contributed by atoms with Gasteiger partial charge in [-0.05, 0) is 13.0 Å². The summed E-state index contributed by atoms with van der Waals surface area (Å²) in [7, 11) is 3.02. The van der Waals surface area contributed by atoms with Gasteiger partial charge in [-0.15, -0.1) is 0 Å². The first-order chi connectivity index (χ1) is 9.56. The predicted molar refractivity (Wildman–Crippen MR) is 70.6 cm³/mol. The van der Waals surface area contributed by atoms with Gasteiger partial charge in [-0.25, -0.2) is 9.78 Å². The zero-order valence-corrected chi connectivity index (χ0v) is 11.7. The van der Waals surface area contributed by atoms with Crippen molar-refractivity contribution in [1.82, 2.24) is 10.3 Å². The molecule has 1 unspecified atom stereocenters. The van der Waals surface area contributed by atoms with Crippen LogP contribution in [0.2, 0.25) is 0 Å². The summed E-state index contributed by atoms with van der Waals surface area (Å²) in [6.45, 7) is 1.83. The standard InChI is InChI=1S/C13H18N2O5/c1-9(7-18-2)15-11(16)8-20-13(17)10-4-5-12(19-3)14-6-10/h4-6,9H,7-8H2,1-3H3,(H,15,16). The lowest BCUT2D eigenvalue weighted by molar-refractivity contribution is -0.125. The largest absolute Gasteiger partial charge is 0.481 e. The van der Waals surface area contributed by atoms with Gasteiger partial charge in [0.1, 0.15) is 0 Å². The first-order valence-corrected chi connectivity index (χ1v) is 6.02. The summed E-state index contributed by atoms with van der Waals surface area (Å²) in [6.07, 6.45) is 1.33. The summed E-state index contributed by atoms with van der Waals surface area (Å²) in [5.41, 5.74) is 0.253. The average molecular weight is 282 g/mol. The summed E-state index contributed by atoms with van der Waals surface area (Å²) in [4.78, 5) is 27.0. The molecule has 0 aliphatic carbocycles. The molecule has 1 N–H and O–H groups in total. The monoisotopic (exact) mass is 282 g/mol. The number of nitrogens with one attached hydrogen (secondary N) is 1. The second-order valence-corrected chi connectivity index (χ2v) is 4.09. The van der Waals surface area contributed by atoms with Gasteiger partial charge < -0.3 is 19.5 Å². The molecule has 1 heterocycles. The SMILES string of the molecule is COCC(C)NC(=O)COC(=O)c1ccc(OC)nc1. The molecule has 0 spiro atoms. The zero-order chi connectivity index (χ0) is 15.0. The molecule has 0 bridgehead atoms. The lowest BCUT2D eigenvalue weighted by Crippen LogP contribution is -2.38. The number of methoxy groups -OCH3 is 2. The van der Waals surface area contributed by atoms with Gasteiger partial charge in [-0.1, -0.05) is 0 Å². The fraction of sp³-hybridized carbons (Fsp3) is 0.462. The lowest BCUT2D eigenvalue weighted by atomic mass is 10.3. The van der Waals surface area contributed by atoms with E-state index in [4.69, 9.17) is 14.2 Å². The molecule has 7 nitrogen and oxygen atoms in total. The third kappa shape index (κ3) is 5.23. The number of aromatic nitrogens is 1. The summed E-state index contributed by atoms with van der Waals surface area (Å²) in [5.74, 6) is -0.605. The van der Waals surface area contributed by atoms with E-state index in [9.17, 15) is 9.59 Å². The van der Waals surface area contributed by atoms with Crippen LogP contribution in [-0.2, 0) is 14.3 Å². The Kier molecular flexibility index (Phi) is 6.45. The highest BCUT2D eigenvalue weighted by Crippen LogP contribution is 2.07. The van der Waals surface area contributed by atoms with Gasteiger partial charge in [0.05, 0.1) is 19.3 Å². The van der Waals surface area contributed by atoms with Crippen LogP contribution in [0.25, 0.3) is 0 Å². The second-order valence-electron chi connectivity index (χ2n) is 4.09. The third-order valence-electron chi connectivity index (χ3n) is 2.34. The normalized spacial score (nSPS) is 11.6. The van der Waals surface area contributed by atoms with E-state index in [-0.39, 0.29) is 24.1 Å². The Morgan fingerprint density at radius 3 is 2.65 bits per heavy atom. The molecule has 1 atom stereocenters. The molecule has 0 saturated carbocycles. The first-order valence-electron chi connectivity index (χ1n) is 6.02. The highest BCUT2D eigenvalue weighted by molar-refractivity contribution is 5.91. The van der Waals surface area contributed by atoms with Gasteiger partial charge in [0.2, 0.25) is 5.88 Å². The van der Waals surface area contributed by atoms with E-state index in [1.807, 2.05) is 0 Å². The van der Waals surface area contributed by atoms with Crippen LogP contribution in [0.15, 0.2) is 18.3 Å². The van der Waals surface area contributed by atoms with Crippen molar-refractivity contribution in [2.75, 3.05) is 27.4 Å². The highest BCUT2D eigenvalue weighted by atomic mass is 16.5. The number of hydrogen-bond acceptors (Lipinski definition) is 6. The van der Waals surface area contributed by atoms with Crippen molar-refractivity contribution in [1.29, 1.82) is 0 Å². The third-order valence-corrected chi connectivity index (χ3v) is 2.34. The smallest absolute Gasteiger partial charge is 0.340 e. The quantitative estimate of drug-likeness (QED) is 0.728. The number of hydrogen-bond donors (Lipinski definition) is 1. The molecule has 1 aromatic heterocycles. The molecular formula is C13H18N2O5. The molecule has 7 heteroatoms. The molecule has 0 fully saturated rings. The molecule has 1 aromatic rings. The molecular weight excluding hydrogens is 264 g/mol. The van der Waals surface area contributed by atoms with E-state index in [1.54, 1.807) is 14.0 Å². The molecule has 0 aliphatic heterocycles. The number of carbonyl (C=O) groups excluding carboxylic acids is 2. The van der Waals surface area contributed by atoms with Crippen LogP contribution >= 0.6 is 0 Å². The Morgan fingerprint density at radius 1 is 1.35 bits per heavy atom. The number of rotatable bonds is 7. The van der Waals surface area contributed by atoms with Crippen molar-refractivity contribution in [2.24, 2.45) is 0 Å². The van der Waals surface area contributed by atoms with Crippen molar-refractivity contribution in [3.05, 3.63) is 23.9 Å². The molecule has 1 rings (SSSR count). The number of esters is 1. The van der Waals surface area contributed by atoms with Gasteiger partial charge in [-0.2, -0.15) is 0 Å². The minimum Gasteiger partial charge on any atom is -0.481 e. The predicted octanol–water partition coefficient (Wildman–Crippen LogP) is 0.398. The van der Waals surface area contributed by atoms with Gasteiger partial charge >= 0.3 is 5.97 Å². The van der Waals surface area contributed by atoms with Gasteiger partial charge in [0.15, 0.2) is 6.61 Å². The van der Waals surface area contributed by atoms with E-state index < -0.39 is 5.97 Å². The summed E-state index contributed by atoms with van der Waals surface area (Å²) in [5, 5.41) is 2.63. The van der Waals surface area contributed by atoms with Gasteiger partial charge in [-0.3, -0.25) is 4.79 Å². The Morgan fingerprint density at radius 2 is 2.10 bits per heavy atom. The van der Waals surface area contributed by atoms with Gasteiger partial charge in [0.25, 0.3) is 5.91 Å². The van der Waals surface area contributed by atoms with Crippen molar-refractivity contribution in [3.63, 3.8) is 0 Å². The van der Waals surface area contributed by atoms with Crippen LogP contribution in [0.3, 0.4) is 0 Å². The van der Waals surface area contributed by atoms with Gasteiger partial charge in [0, 0.05) is 25.4 Å². The fourth-order valence-corrected chi connectivity index (χ4v) is 1.44. The summed E-state index contributed by atoms with van der Waals surface area (Å²) >= 11 is 0. The number of ether oxygens (including phenoxy) is 3. The number of nitrogens with zero attached hydrogens (tertiary/aromatic N) is 1. The van der Waals surface area contributed by atoms with Crippen LogP contribution in [0.5, 0.6) is 5.88 Å². The van der Waals surface area contributed by atoms with Crippen LogP contribution in [0.4, 0.5) is 0 Å². The fourth-order valence-electron chi connectivity index (χ4n) is 1.44.